The first-order valence-electron chi connectivity index (χ1n) is 13.4. The maximum absolute atomic E-state index is 12.8. The fourth-order valence-electron chi connectivity index (χ4n) is 4.04. The molecule has 8 heteroatoms. The number of benzene rings is 2. The highest BCUT2D eigenvalue weighted by Crippen LogP contribution is 2.43. The second kappa shape index (κ2) is 14.7. The smallest absolute Gasteiger partial charge is 0.192 e. The molecule has 0 N–H and O–H groups in total. The molecule has 0 aliphatic rings. The van der Waals surface area contributed by atoms with Crippen molar-refractivity contribution in [2.45, 2.75) is 90.7 Å². The van der Waals surface area contributed by atoms with E-state index in [2.05, 4.69) is 49.8 Å². The number of halogens is 1. The lowest BCUT2D eigenvalue weighted by molar-refractivity contribution is -0.164. The summed E-state index contributed by atoms with van der Waals surface area (Å²) >= 11 is 3.32. The highest BCUT2D eigenvalue weighted by atomic mass is 79.9. The van der Waals surface area contributed by atoms with Gasteiger partial charge in [-0.2, -0.15) is 0 Å². The normalized spacial score (nSPS) is 14.9. The first kappa shape index (κ1) is 33.4. The number of ketones is 1. The van der Waals surface area contributed by atoms with Gasteiger partial charge >= 0.3 is 0 Å². The minimum absolute atomic E-state index is 0.0357. The van der Waals surface area contributed by atoms with Crippen LogP contribution in [0.5, 0.6) is 5.75 Å². The van der Waals surface area contributed by atoms with Crippen LogP contribution in [0.3, 0.4) is 0 Å². The number of Topliss-reactive ketones (excluding diaryl/α,β-unsaturated/α-hetero) is 1. The summed E-state index contributed by atoms with van der Waals surface area (Å²) in [5, 5.41) is 0.172. The van der Waals surface area contributed by atoms with Crippen LogP contribution >= 0.6 is 15.9 Å². The number of aldehydes is 1. The third-order valence-corrected chi connectivity index (χ3v) is 12.8. The molecule has 0 aliphatic carbocycles. The van der Waals surface area contributed by atoms with Crippen molar-refractivity contribution in [3.8, 4) is 5.75 Å². The predicted molar refractivity (Wildman–Crippen MR) is 162 cm³/mol. The minimum Gasteiger partial charge on any atom is -0.497 e. The molecule has 0 aromatic heterocycles. The van der Waals surface area contributed by atoms with Crippen LogP contribution in [0.1, 0.15) is 52.2 Å². The Balaban J connectivity index is 2.45. The van der Waals surface area contributed by atoms with Gasteiger partial charge in [0.25, 0.3) is 0 Å². The number of ether oxygens (including phenoxy) is 3. The summed E-state index contributed by atoms with van der Waals surface area (Å²) in [6.07, 6.45) is -1.02. The molecule has 0 spiro atoms. The molecule has 0 radical (unpaired) electrons. The lowest BCUT2D eigenvalue weighted by Gasteiger charge is -2.47. The van der Waals surface area contributed by atoms with Crippen molar-refractivity contribution in [3.63, 3.8) is 0 Å². The van der Waals surface area contributed by atoms with Crippen LogP contribution < -0.4 is 4.74 Å². The summed E-state index contributed by atoms with van der Waals surface area (Å²) in [5.74, 6) is 0.789. The molecule has 2 rings (SSSR count). The van der Waals surface area contributed by atoms with Crippen molar-refractivity contribution >= 4 is 36.3 Å². The van der Waals surface area contributed by atoms with Crippen molar-refractivity contribution < 1.29 is 28.2 Å². The van der Waals surface area contributed by atoms with Gasteiger partial charge < -0.3 is 23.4 Å². The summed E-state index contributed by atoms with van der Waals surface area (Å²) < 4.78 is 24.9. The molecule has 2 aromatic rings. The summed E-state index contributed by atoms with van der Waals surface area (Å²) in [4.78, 5) is 25.3. The fourth-order valence-corrected chi connectivity index (χ4v) is 5.72. The molecule has 216 valence electrons. The van der Waals surface area contributed by atoms with Gasteiger partial charge in [0.05, 0.1) is 37.9 Å². The number of carbonyl (C=O) groups excluding carboxylic acids is 2. The molecule has 0 amide bonds. The lowest BCUT2D eigenvalue weighted by Crippen LogP contribution is -2.55. The van der Waals surface area contributed by atoms with Gasteiger partial charge in [0.15, 0.2) is 14.6 Å². The van der Waals surface area contributed by atoms with Gasteiger partial charge in [0.2, 0.25) is 0 Å². The molecule has 3 atom stereocenters. The SMILES string of the molecule is COc1ccc(CO[C@@H]([C@H](C=O)OCc2ccccc2)C(C)(C)[C@H](CC(=O)CBr)O[Si](C)(C)C(C)(C)C)cc1. The molecule has 0 saturated carbocycles. The van der Waals surface area contributed by atoms with Crippen molar-refractivity contribution in [1.29, 1.82) is 0 Å². The van der Waals surface area contributed by atoms with Gasteiger partial charge in [0, 0.05) is 11.8 Å². The molecule has 0 bridgehead atoms. The van der Waals surface area contributed by atoms with Crippen LogP contribution in [0, 0.1) is 5.41 Å². The Morgan fingerprint density at radius 3 is 2.00 bits per heavy atom. The number of methoxy groups -OCH3 is 1. The molecule has 0 unspecified atom stereocenters. The van der Waals surface area contributed by atoms with Crippen molar-refractivity contribution in [3.05, 3.63) is 65.7 Å². The fraction of sp³-hybridized carbons (Fsp3) is 0.548. The Morgan fingerprint density at radius 2 is 1.49 bits per heavy atom. The van der Waals surface area contributed by atoms with E-state index in [4.69, 9.17) is 18.6 Å². The van der Waals surface area contributed by atoms with E-state index in [1.54, 1.807) is 7.11 Å². The monoisotopic (exact) mass is 620 g/mol. The first-order valence-corrected chi connectivity index (χ1v) is 17.4. The average Bonchev–Trinajstić information content (AvgIpc) is 2.90. The van der Waals surface area contributed by atoms with E-state index in [9.17, 15) is 9.59 Å². The Hall–Kier alpha value is -1.84. The van der Waals surface area contributed by atoms with E-state index >= 15 is 0 Å². The highest BCUT2D eigenvalue weighted by Gasteiger charge is 2.48. The van der Waals surface area contributed by atoms with Gasteiger partial charge in [-0.1, -0.05) is 93.0 Å². The average molecular weight is 622 g/mol. The predicted octanol–water partition coefficient (Wildman–Crippen LogP) is 7.14. The summed E-state index contributed by atoms with van der Waals surface area (Å²) in [6, 6.07) is 17.3. The second-order valence-corrected chi connectivity index (χ2v) is 17.4. The lowest BCUT2D eigenvalue weighted by atomic mass is 9.76. The summed E-state index contributed by atoms with van der Waals surface area (Å²) in [7, 11) is -0.658. The summed E-state index contributed by atoms with van der Waals surface area (Å²) in [5.41, 5.74) is 1.14. The standard InChI is InChI=1S/C31H45BrO6Si/c1-30(2,3)39(7,8)38-28(18-25(34)19-32)31(4,5)29(37-22-24-14-16-26(35-6)17-15-24)27(20-33)36-21-23-12-10-9-11-13-23/h9-17,20,27-29H,18-19,21-22H2,1-8H3/t27-,28-,29-/m0/s1. The van der Waals surface area contributed by atoms with Crippen LogP contribution in [-0.2, 0) is 36.7 Å². The van der Waals surface area contributed by atoms with Crippen LogP contribution in [0.25, 0.3) is 0 Å². The molecule has 6 nitrogen and oxygen atoms in total. The first-order chi connectivity index (χ1) is 18.2. The van der Waals surface area contributed by atoms with Crippen LogP contribution in [0.15, 0.2) is 54.6 Å². The number of rotatable bonds is 16. The molecular weight excluding hydrogens is 576 g/mol. The van der Waals surface area contributed by atoms with Crippen molar-refractivity contribution in [1.82, 2.24) is 0 Å². The van der Waals surface area contributed by atoms with E-state index in [1.165, 1.54) is 0 Å². The largest absolute Gasteiger partial charge is 0.497 e. The molecule has 0 saturated heterocycles. The molecule has 0 heterocycles. The van der Waals surface area contributed by atoms with Crippen LogP contribution in [0.2, 0.25) is 18.1 Å². The molecule has 39 heavy (non-hydrogen) atoms. The second-order valence-electron chi connectivity index (χ2n) is 12.0. The summed E-state index contributed by atoms with van der Waals surface area (Å²) in [6.45, 7) is 15.4. The zero-order valence-electron chi connectivity index (χ0n) is 24.7. The van der Waals surface area contributed by atoms with Gasteiger partial charge in [0.1, 0.15) is 17.6 Å². The Morgan fingerprint density at radius 1 is 0.923 bits per heavy atom. The number of hydrogen-bond donors (Lipinski definition) is 0. The Labute approximate surface area is 244 Å². The maximum atomic E-state index is 12.8. The van der Waals surface area contributed by atoms with Crippen LogP contribution in [0.4, 0.5) is 0 Å². The van der Waals surface area contributed by atoms with Crippen molar-refractivity contribution in [2.75, 3.05) is 12.4 Å². The Kier molecular flexibility index (Phi) is 12.6. The van der Waals surface area contributed by atoms with Gasteiger partial charge in [-0.05, 0) is 41.4 Å². The van der Waals surface area contributed by atoms with Gasteiger partial charge in [-0.3, -0.25) is 4.79 Å². The molecule has 0 aliphatic heterocycles. The third kappa shape index (κ3) is 9.64. The van der Waals surface area contributed by atoms with E-state index in [0.29, 0.717) is 0 Å². The van der Waals surface area contributed by atoms with E-state index in [1.807, 2.05) is 68.4 Å². The van der Waals surface area contributed by atoms with E-state index < -0.39 is 32.0 Å². The number of alkyl halides is 1. The van der Waals surface area contributed by atoms with Gasteiger partial charge in [-0.25, -0.2) is 0 Å². The third-order valence-electron chi connectivity index (χ3n) is 7.67. The molecular formula is C31H45BrO6Si. The van der Waals surface area contributed by atoms with E-state index in [0.717, 1.165) is 23.2 Å². The minimum atomic E-state index is -2.28. The van der Waals surface area contributed by atoms with Crippen LogP contribution in [-0.4, -0.2) is 51.1 Å². The van der Waals surface area contributed by atoms with Crippen molar-refractivity contribution in [2.24, 2.45) is 5.41 Å². The zero-order chi connectivity index (χ0) is 29.3. The Bertz CT molecular complexity index is 1030. The number of hydrogen-bond acceptors (Lipinski definition) is 6. The highest BCUT2D eigenvalue weighted by molar-refractivity contribution is 9.09. The topological polar surface area (TPSA) is 71.1 Å². The van der Waals surface area contributed by atoms with Gasteiger partial charge in [-0.15, -0.1) is 0 Å². The molecule has 2 aromatic carbocycles. The quantitative estimate of drug-likeness (QED) is 0.113. The zero-order valence-corrected chi connectivity index (χ0v) is 27.2. The molecule has 0 fully saturated rings. The maximum Gasteiger partial charge on any atom is 0.192 e. The number of carbonyl (C=O) groups is 2. The van der Waals surface area contributed by atoms with E-state index in [-0.39, 0.29) is 35.8 Å².